The molecule has 1 amide bonds. The summed E-state index contributed by atoms with van der Waals surface area (Å²) in [7, 11) is 0. The molecule has 0 aliphatic carbocycles. The summed E-state index contributed by atoms with van der Waals surface area (Å²) in [5.41, 5.74) is 1.93. The zero-order chi connectivity index (χ0) is 11.5. The third kappa shape index (κ3) is 3.33. The molecular formula is C12H16ClIN2O. The number of piperazine rings is 1. The molecule has 1 heterocycles. The lowest BCUT2D eigenvalue weighted by Crippen LogP contribution is -2.46. The van der Waals surface area contributed by atoms with Gasteiger partial charge in [-0.05, 0) is 47.2 Å². The van der Waals surface area contributed by atoms with Gasteiger partial charge in [0.2, 0.25) is 0 Å². The fourth-order valence-electron chi connectivity index (χ4n) is 1.88. The number of carbonyl (C=O) groups is 1. The summed E-state index contributed by atoms with van der Waals surface area (Å²) in [4.78, 5) is 14.2. The van der Waals surface area contributed by atoms with E-state index in [2.05, 4.69) is 27.9 Å². The highest BCUT2D eigenvalue weighted by molar-refractivity contribution is 14.1. The van der Waals surface area contributed by atoms with Crippen LogP contribution in [-0.2, 0) is 0 Å². The predicted octanol–water partition coefficient (Wildman–Crippen LogP) is 2.07. The van der Waals surface area contributed by atoms with E-state index in [9.17, 15) is 4.79 Å². The molecule has 1 aromatic rings. The van der Waals surface area contributed by atoms with Crippen molar-refractivity contribution in [3.63, 3.8) is 0 Å². The maximum absolute atomic E-state index is 12.3. The first-order valence-corrected chi connectivity index (χ1v) is 6.53. The second kappa shape index (κ2) is 6.56. The maximum Gasteiger partial charge on any atom is 0.254 e. The van der Waals surface area contributed by atoms with Crippen LogP contribution in [0.4, 0.5) is 0 Å². The van der Waals surface area contributed by atoms with Gasteiger partial charge < -0.3 is 10.2 Å². The normalized spacial score (nSPS) is 15.3. The van der Waals surface area contributed by atoms with Crippen LogP contribution in [0.15, 0.2) is 18.2 Å². The van der Waals surface area contributed by atoms with Gasteiger partial charge in [-0.2, -0.15) is 0 Å². The number of benzene rings is 1. The summed E-state index contributed by atoms with van der Waals surface area (Å²) in [6.07, 6.45) is 0. The van der Waals surface area contributed by atoms with Gasteiger partial charge in [-0.3, -0.25) is 4.79 Å². The number of hydrogen-bond acceptors (Lipinski definition) is 2. The number of rotatable bonds is 1. The van der Waals surface area contributed by atoms with Gasteiger partial charge >= 0.3 is 0 Å². The van der Waals surface area contributed by atoms with Crippen LogP contribution in [0.3, 0.4) is 0 Å². The molecule has 0 aromatic heterocycles. The lowest BCUT2D eigenvalue weighted by atomic mass is 10.1. The molecule has 0 spiro atoms. The van der Waals surface area contributed by atoms with Crippen molar-refractivity contribution in [2.24, 2.45) is 0 Å². The highest BCUT2D eigenvalue weighted by atomic mass is 127. The van der Waals surface area contributed by atoms with E-state index < -0.39 is 0 Å². The lowest BCUT2D eigenvalue weighted by molar-refractivity contribution is 0.0735. The predicted molar refractivity (Wildman–Crippen MR) is 79.9 cm³/mol. The molecule has 1 N–H and O–H groups in total. The summed E-state index contributed by atoms with van der Waals surface area (Å²) in [5.74, 6) is 0.164. The molecule has 94 valence electrons. The van der Waals surface area contributed by atoms with E-state index in [0.29, 0.717) is 0 Å². The molecule has 1 aliphatic rings. The summed E-state index contributed by atoms with van der Waals surface area (Å²) in [5, 5.41) is 3.25. The average Bonchev–Trinajstić information content (AvgIpc) is 2.33. The van der Waals surface area contributed by atoms with Crippen molar-refractivity contribution >= 4 is 40.9 Å². The van der Waals surface area contributed by atoms with Gasteiger partial charge in [0.15, 0.2) is 0 Å². The highest BCUT2D eigenvalue weighted by Crippen LogP contribution is 2.17. The van der Waals surface area contributed by atoms with Crippen LogP contribution in [0.2, 0.25) is 0 Å². The molecule has 3 nitrogen and oxygen atoms in total. The molecule has 1 fully saturated rings. The molecule has 1 aromatic carbocycles. The van der Waals surface area contributed by atoms with Crippen LogP contribution in [0.1, 0.15) is 15.9 Å². The molecule has 2 rings (SSSR count). The minimum absolute atomic E-state index is 0. The minimum atomic E-state index is 0. The number of carbonyl (C=O) groups excluding carboxylic acids is 1. The number of hydrogen-bond donors (Lipinski definition) is 1. The number of nitrogens with zero attached hydrogens (tertiary/aromatic N) is 1. The second-order valence-electron chi connectivity index (χ2n) is 3.95. The van der Waals surface area contributed by atoms with E-state index in [1.165, 1.54) is 0 Å². The molecule has 0 unspecified atom stereocenters. The number of nitrogens with one attached hydrogen (secondary N) is 1. The van der Waals surface area contributed by atoms with E-state index in [1.807, 2.05) is 30.0 Å². The second-order valence-corrected chi connectivity index (χ2v) is 5.12. The third-order valence-corrected chi connectivity index (χ3v) is 4.07. The van der Waals surface area contributed by atoms with Crippen molar-refractivity contribution in [1.29, 1.82) is 0 Å². The van der Waals surface area contributed by atoms with Gasteiger partial charge in [0, 0.05) is 35.3 Å². The van der Waals surface area contributed by atoms with Gasteiger partial charge in [0.25, 0.3) is 5.91 Å². The van der Waals surface area contributed by atoms with Gasteiger partial charge in [-0.25, -0.2) is 0 Å². The Morgan fingerprint density at radius 1 is 1.35 bits per heavy atom. The average molecular weight is 367 g/mol. The Hall–Kier alpha value is -0.330. The van der Waals surface area contributed by atoms with Crippen LogP contribution in [0.5, 0.6) is 0 Å². The lowest BCUT2D eigenvalue weighted by Gasteiger charge is -2.28. The standard InChI is InChI=1S/C12H15IN2O.ClH/c1-9-10(3-2-4-11(9)13)12(16)15-7-5-14-6-8-15;/h2-4,14H,5-8H2,1H3;1H. The quantitative estimate of drug-likeness (QED) is 0.772. The molecule has 1 saturated heterocycles. The number of halogens is 2. The summed E-state index contributed by atoms with van der Waals surface area (Å²) < 4.78 is 1.15. The van der Waals surface area contributed by atoms with Gasteiger partial charge in [-0.15, -0.1) is 12.4 Å². The Balaban J connectivity index is 0.00000144. The molecular weight excluding hydrogens is 351 g/mol. The summed E-state index contributed by atoms with van der Waals surface area (Å²) in [6, 6.07) is 5.90. The zero-order valence-electron chi connectivity index (χ0n) is 9.70. The van der Waals surface area contributed by atoms with Crippen molar-refractivity contribution in [2.75, 3.05) is 26.2 Å². The van der Waals surface area contributed by atoms with Gasteiger partial charge in [0.05, 0.1) is 0 Å². The highest BCUT2D eigenvalue weighted by Gasteiger charge is 2.19. The zero-order valence-corrected chi connectivity index (χ0v) is 12.7. The largest absolute Gasteiger partial charge is 0.336 e. The Bertz CT molecular complexity index is 405. The van der Waals surface area contributed by atoms with Gasteiger partial charge in [-0.1, -0.05) is 6.07 Å². The first-order valence-electron chi connectivity index (χ1n) is 5.45. The topological polar surface area (TPSA) is 32.3 Å². The van der Waals surface area contributed by atoms with Crippen molar-refractivity contribution in [2.45, 2.75) is 6.92 Å². The van der Waals surface area contributed by atoms with Crippen LogP contribution in [0, 0.1) is 10.5 Å². The van der Waals surface area contributed by atoms with E-state index in [4.69, 9.17) is 0 Å². The van der Waals surface area contributed by atoms with E-state index >= 15 is 0 Å². The van der Waals surface area contributed by atoms with Crippen LogP contribution < -0.4 is 5.32 Å². The fraction of sp³-hybridized carbons (Fsp3) is 0.417. The summed E-state index contributed by atoms with van der Waals surface area (Å²) >= 11 is 2.27. The van der Waals surface area contributed by atoms with Gasteiger partial charge in [0.1, 0.15) is 0 Å². The van der Waals surface area contributed by atoms with Crippen molar-refractivity contribution in [3.05, 3.63) is 32.9 Å². The van der Waals surface area contributed by atoms with E-state index in [-0.39, 0.29) is 18.3 Å². The third-order valence-electron chi connectivity index (χ3n) is 2.90. The molecule has 0 atom stereocenters. The minimum Gasteiger partial charge on any atom is -0.336 e. The Morgan fingerprint density at radius 3 is 2.65 bits per heavy atom. The first-order chi connectivity index (χ1) is 7.70. The van der Waals surface area contributed by atoms with E-state index in [1.54, 1.807) is 0 Å². The van der Waals surface area contributed by atoms with Crippen molar-refractivity contribution < 1.29 is 4.79 Å². The molecule has 0 bridgehead atoms. The molecule has 1 aliphatic heterocycles. The first kappa shape index (κ1) is 14.7. The molecule has 0 saturated carbocycles. The Labute approximate surface area is 122 Å². The fourth-order valence-corrected chi connectivity index (χ4v) is 2.38. The number of amides is 1. The van der Waals surface area contributed by atoms with Crippen LogP contribution >= 0.6 is 35.0 Å². The molecule has 17 heavy (non-hydrogen) atoms. The van der Waals surface area contributed by atoms with Crippen LogP contribution in [0.25, 0.3) is 0 Å². The maximum atomic E-state index is 12.3. The Kier molecular flexibility index (Phi) is 5.69. The van der Waals surface area contributed by atoms with E-state index in [0.717, 1.165) is 40.9 Å². The molecule has 0 radical (unpaired) electrons. The monoisotopic (exact) mass is 366 g/mol. The molecule has 5 heteroatoms. The van der Waals surface area contributed by atoms with Crippen molar-refractivity contribution in [3.8, 4) is 0 Å². The smallest absolute Gasteiger partial charge is 0.254 e. The summed E-state index contributed by atoms with van der Waals surface area (Å²) in [6.45, 7) is 5.42. The van der Waals surface area contributed by atoms with Crippen LogP contribution in [-0.4, -0.2) is 37.0 Å². The SMILES string of the molecule is Cc1c(I)cccc1C(=O)N1CCNCC1.Cl. The van der Waals surface area contributed by atoms with Crippen molar-refractivity contribution in [1.82, 2.24) is 10.2 Å². The Morgan fingerprint density at radius 2 is 2.00 bits per heavy atom.